The lowest BCUT2D eigenvalue weighted by Gasteiger charge is -2.38. The lowest BCUT2D eigenvalue weighted by molar-refractivity contribution is -0.133. The molecule has 1 aromatic carbocycles. The first-order chi connectivity index (χ1) is 11.0. The highest BCUT2D eigenvalue weighted by Gasteiger charge is 2.35. The topological polar surface area (TPSA) is 69.6 Å². The predicted octanol–water partition coefficient (Wildman–Crippen LogP) is 1.55. The van der Waals surface area contributed by atoms with E-state index in [1.165, 1.54) is 5.56 Å². The maximum Gasteiger partial charge on any atom is 0.222 e. The Balaban J connectivity index is 1.70. The Labute approximate surface area is 136 Å². The van der Waals surface area contributed by atoms with Crippen LogP contribution in [0.2, 0.25) is 0 Å². The van der Waals surface area contributed by atoms with Crippen LogP contribution in [0.4, 0.5) is 0 Å². The molecule has 1 saturated carbocycles. The SMILES string of the molecule is CC(=O)N1CCc2ccccc2C1CC(=O)NCC1(O)CCC1. The van der Waals surface area contributed by atoms with Gasteiger partial charge in [0, 0.05) is 20.0 Å². The molecule has 0 saturated heterocycles. The van der Waals surface area contributed by atoms with Crippen LogP contribution >= 0.6 is 0 Å². The van der Waals surface area contributed by atoms with E-state index in [1.54, 1.807) is 11.8 Å². The molecule has 1 unspecified atom stereocenters. The van der Waals surface area contributed by atoms with Gasteiger partial charge in [0.1, 0.15) is 0 Å². The zero-order valence-corrected chi connectivity index (χ0v) is 13.5. The molecule has 1 heterocycles. The number of hydrogen-bond donors (Lipinski definition) is 2. The highest BCUT2D eigenvalue weighted by molar-refractivity contribution is 5.79. The van der Waals surface area contributed by atoms with Gasteiger partial charge in [-0.25, -0.2) is 0 Å². The van der Waals surface area contributed by atoms with Gasteiger partial charge in [-0.3, -0.25) is 9.59 Å². The van der Waals surface area contributed by atoms with E-state index < -0.39 is 5.60 Å². The quantitative estimate of drug-likeness (QED) is 0.885. The van der Waals surface area contributed by atoms with Crippen molar-refractivity contribution in [3.8, 4) is 0 Å². The van der Waals surface area contributed by atoms with Crippen molar-refractivity contribution in [1.29, 1.82) is 0 Å². The summed E-state index contributed by atoms with van der Waals surface area (Å²) in [5.41, 5.74) is 1.55. The van der Waals surface area contributed by atoms with E-state index in [0.717, 1.165) is 31.2 Å². The second kappa shape index (κ2) is 6.32. The van der Waals surface area contributed by atoms with Crippen LogP contribution in [-0.2, 0) is 16.0 Å². The van der Waals surface area contributed by atoms with Gasteiger partial charge in [-0.15, -0.1) is 0 Å². The molecule has 0 spiro atoms. The van der Waals surface area contributed by atoms with Crippen molar-refractivity contribution >= 4 is 11.8 Å². The molecule has 2 amide bonds. The van der Waals surface area contributed by atoms with E-state index >= 15 is 0 Å². The van der Waals surface area contributed by atoms with E-state index in [0.29, 0.717) is 13.1 Å². The summed E-state index contributed by atoms with van der Waals surface area (Å²) in [4.78, 5) is 26.0. The highest BCUT2D eigenvalue weighted by Crippen LogP contribution is 2.33. The van der Waals surface area contributed by atoms with Crippen molar-refractivity contribution < 1.29 is 14.7 Å². The van der Waals surface area contributed by atoms with Gasteiger partial charge in [0.05, 0.1) is 18.1 Å². The highest BCUT2D eigenvalue weighted by atomic mass is 16.3. The maximum absolute atomic E-state index is 12.3. The van der Waals surface area contributed by atoms with Crippen molar-refractivity contribution in [3.63, 3.8) is 0 Å². The van der Waals surface area contributed by atoms with Crippen molar-refractivity contribution in [3.05, 3.63) is 35.4 Å². The molecule has 2 aliphatic rings. The van der Waals surface area contributed by atoms with Gasteiger partial charge < -0.3 is 15.3 Å². The van der Waals surface area contributed by atoms with Gasteiger partial charge >= 0.3 is 0 Å². The summed E-state index contributed by atoms with van der Waals surface area (Å²) in [5, 5.41) is 12.9. The first kappa shape index (κ1) is 16.0. The molecule has 5 nitrogen and oxygen atoms in total. The Morgan fingerprint density at radius 2 is 2.09 bits per heavy atom. The Morgan fingerprint density at radius 1 is 1.35 bits per heavy atom. The number of rotatable bonds is 4. The molecule has 1 atom stereocenters. The van der Waals surface area contributed by atoms with Crippen LogP contribution in [0.15, 0.2) is 24.3 Å². The van der Waals surface area contributed by atoms with Gasteiger partial charge in [0.25, 0.3) is 0 Å². The molecule has 124 valence electrons. The molecular formula is C18H24N2O3. The van der Waals surface area contributed by atoms with Crippen LogP contribution in [0.25, 0.3) is 0 Å². The lowest BCUT2D eigenvalue weighted by Crippen LogP contribution is -2.48. The summed E-state index contributed by atoms with van der Waals surface area (Å²) in [6.45, 7) is 2.50. The van der Waals surface area contributed by atoms with Crippen molar-refractivity contribution in [2.24, 2.45) is 0 Å². The summed E-state index contributed by atoms with van der Waals surface area (Å²) >= 11 is 0. The molecule has 2 N–H and O–H groups in total. The number of nitrogens with one attached hydrogen (secondary N) is 1. The molecule has 1 aliphatic carbocycles. The monoisotopic (exact) mass is 316 g/mol. The molecule has 23 heavy (non-hydrogen) atoms. The van der Waals surface area contributed by atoms with Crippen molar-refractivity contribution in [2.75, 3.05) is 13.1 Å². The maximum atomic E-state index is 12.3. The molecule has 1 aromatic rings. The van der Waals surface area contributed by atoms with Gasteiger partial charge in [0.2, 0.25) is 11.8 Å². The Hall–Kier alpha value is -1.88. The van der Waals surface area contributed by atoms with Crippen LogP contribution in [0, 0.1) is 0 Å². The first-order valence-corrected chi connectivity index (χ1v) is 8.33. The third kappa shape index (κ3) is 3.39. The average Bonchev–Trinajstić information content (AvgIpc) is 2.51. The molecule has 0 radical (unpaired) electrons. The van der Waals surface area contributed by atoms with E-state index in [2.05, 4.69) is 11.4 Å². The zero-order chi connectivity index (χ0) is 16.4. The molecular weight excluding hydrogens is 292 g/mol. The van der Waals surface area contributed by atoms with Crippen molar-refractivity contribution in [2.45, 2.75) is 50.7 Å². The number of carbonyl (C=O) groups excluding carboxylic acids is 2. The predicted molar refractivity (Wildman–Crippen MR) is 86.7 cm³/mol. The first-order valence-electron chi connectivity index (χ1n) is 8.33. The van der Waals surface area contributed by atoms with Crippen LogP contribution in [-0.4, -0.2) is 40.5 Å². The fourth-order valence-corrected chi connectivity index (χ4v) is 3.52. The van der Waals surface area contributed by atoms with E-state index in [1.807, 2.05) is 18.2 Å². The molecule has 3 rings (SSSR count). The zero-order valence-electron chi connectivity index (χ0n) is 13.5. The third-order valence-electron chi connectivity index (χ3n) is 5.09. The fourth-order valence-electron chi connectivity index (χ4n) is 3.52. The number of benzene rings is 1. The van der Waals surface area contributed by atoms with E-state index in [-0.39, 0.29) is 24.3 Å². The number of nitrogens with zero attached hydrogens (tertiary/aromatic N) is 1. The average molecular weight is 316 g/mol. The largest absolute Gasteiger partial charge is 0.388 e. The van der Waals surface area contributed by atoms with Gasteiger partial charge in [-0.05, 0) is 36.8 Å². The summed E-state index contributed by atoms with van der Waals surface area (Å²) in [7, 11) is 0. The molecule has 1 fully saturated rings. The summed E-state index contributed by atoms with van der Waals surface area (Å²) in [6, 6.07) is 7.79. The standard InChI is InChI=1S/C18H24N2O3/c1-13(21)20-10-7-14-5-2-3-6-15(14)16(20)11-17(22)19-12-18(23)8-4-9-18/h2-3,5-6,16,23H,4,7-12H2,1H3,(H,19,22). The summed E-state index contributed by atoms with van der Waals surface area (Å²) in [6.07, 6.45) is 3.58. The lowest BCUT2D eigenvalue weighted by atomic mass is 9.80. The normalized spacial score (nSPS) is 22.0. The Kier molecular flexibility index (Phi) is 4.39. The number of hydrogen-bond acceptors (Lipinski definition) is 3. The summed E-state index contributed by atoms with van der Waals surface area (Å²) in [5.74, 6) is -0.117. The fraction of sp³-hybridized carbons (Fsp3) is 0.556. The minimum Gasteiger partial charge on any atom is -0.388 e. The number of carbonyl (C=O) groups is 2. The number of amides is 2. The molecule has 0 bridgehead atoms. The van der Waals surface area contributed by atoms with Gasteiger partial charge in [0.15, 0.2) is 0 Å². The summed E-state index contributed by atoms with van der Waals surface area (Å²) < 4.78 is 0. The molecule has 0 aromatic heterocycles. The van der Waals surface area contributed by atoms with Gasteiger partial charge in [-0.1, -0.05) is 24.3 Å². The van der Waals surface area contributed by atoms with Gasteiger partial charge in [-0.2, -0.15) is 0 Å². The Morgan fingerprint density at radius 3 is 2.74 bits per heavy atom. The number of fused-ring (bicyclic) bond motifs is 1. The van der Waals surface area contributed by atoms with Crippen LogP contribution < -0.4 is 5.32 Å². The van der Waals surface area contributed by atoms with Crippen LogP contribution in [0.1, 0.15) is 49.8 Å². The van der Waals surface area contributed by atoms with Crippen molar-refractivity contribution in [1.82, 2.24) is 10.2 Å². The Bertz CT molecular complexity index is 610. The van der Waals surface area contributed by atoms with E-state index in [9.17, 15) is 14.7 Å². The third-order valence-corrected chi connectivity index (χ3v) is 5.09. The number of aliphatic hydroxyl groups is 1. The van der Waals surface area contributed by atoms with Crippen LogP contribution in [0.5, 0.6) is 0 Å². The molecule has 1 aliphatic heterocycles. The second-order valence-electron chi connectivity index (χ2n) is 6.74. The minimum atomic E-state index is -0.722. The second-order valence-corrected chi connectivity index (χ2v) is 6.74. The van der Waals surface area contributed by atoms with Crippen LogP contribution in [0.3, 0.4) is 0 Å². The van der Waals surface area contributed by atoms with E-state index in [4.69, 9.17) is 0 Å². The smallest absolute Gasteiger partial charge is 0.222 e. The minimum absolute atomic E-state index is 0.00470. The molecule has 5 heteroatoms.